The van der Waals surface area contributed by atoms with Crippen LogP contribution in [0.25, 0.3) is 0 Å². The van der Waals surface area contributed by atoms with Crippen molar-refractivity contribution in [3.05, 3.63) is 40.9 Å². The van der Waals surface area contributed by atoms with Gasteiger partial charge >= 0.3 is 5.97 Å². The Hall–Kier alpha value is -2.54. The van der Waals surface area contributed by atoms with Crippen molar-refractivity contribution >= 4 is 29.2 Å². The van der Waals surface area contributed by atoms with E-state index >= 15 is 0 Å². The van der Waals surface area contributed by atoms with Crippen LogP contribution in [0, 0.1) is 0 Å². The van der Waals surface area contributed by atoms with E-state index in [9.17, 15) is 9.59 Å². The highest BCUT2D eigenvalue weighted by Crippen LogP contribution is 2.27. The average Bonchev–Trinajstić information content (AvgIpc) is 2.90. The van der Waals surface area contributed by atoms with E-state index in [1.807, 2.05) is 0 Å². The number of aromatic amines is 1. The van der Waals surface area contributed by atoms with E-state index in [0.717, 1.165) is 6.33 Å². The van der Waals surface area contributed by atoms with E-state index < -0.39 is 11.9 Å². The lowest BCUT2D eigenvalue weighted by Gasteiger charge is -2.07. The van der Waals surface area contributed by atoms with Crippen LogP contribution < -0.4 is 10.1 Å². The Bertz CT molecular complexity index is 668. The number of hydrogen-bond acceptors (Lipinski definition) is 4. The summed E-state index contributed by atoms with van der Waals surface area (Å²) >= 11 is 5.87. The number of nitrogens with zero attached hydrogens (tertiary/aromatic N) is 1. The summed E-state index contributed by atoms with van der Waals surface area (Å²) in [4.78, 5) is 28.9. The summed E-state index contributed by atoms with van der Waals surface area (Å²) in [5.74, 6) is -1.51. The number of carbonyl (C=O) groups is 2. The molecule has 0 saturated carbocycles. The molecular weight excluding hydrogens is 286 g/mol. The lowest BCUT2D eigenvalue weighted by Crippen LogP contribution is -2.16. The summed E-state index contributed by atoms with van der Waals surface area (Å²) in [6.45, 7) is 0. The molecule has 0 bridgehead atoms. The Morgan fingerprint density at radius 2 is 2.20 bits per heavy atom. The second-order valence-electron chi connectivity index (χ2n) is 3.73. The average molecular weight is 296 g/mol. The zero-order chi connectivity index (χ0) is 14.7. The third-order valence-corrected chi connectivity index (χ3v) is 2.79. The maximum atomic E-state index is 12.0. The Morgan fingerprint density at radius 1 is 1.45 bits per heavy atom. The number of carboxylic acid groups (broad SMARTS) is 1. The summed E-state index contributed by atoms with van der Waals surface area (Å²) in [5, 5.41) is 11.8. The molecule has 104 valence electrons. The molecule has 1 aromatic heterocycles. The van der Waals surface area contributed by atoms with Crippen molar-refractivity contribution in [2.45, 2.75) is 0 Å². The first-order chi connectivity index (χ1) is 9.52. The highest BCUT2D eigenvalue weighted by Gasteiger charge is 2.19. The van der Waals surface area contributed by atoms with Crippen LogP contribution in [-0.4, -0.2) is 34.1 Å². The first-order valence-corrected chi connectivity index (χ1v) is 5.82. The number of halogens is 1. The lowest BCUT2D eigenvalue weighted by atomic mass is 10.2. The van der Waals surface area contributed by atoms with Gasteiger partial charge in [0, 0.05) is 11.8 Å². The number of ether oxygens (including phenoxy) is 1. The smallest absolute Gasteiger partial charge is 0.354 e. The minimum atomic E-state index is -1.26. The standard InChI is InChI=1S/C12H10ClN3O4/c1-20-8-4-6(2-3-7(8)13)16-11(17)9-10(12(18)19)15-5-14-9/h2-5H,1H3,(H,14,15)(H,16,17)(H,18,19). The van der Waals surface area contributed by atoms with Crippen molar-refractivity contribution in [3.63, 3.8) is 0 Å². The van der Waals surface area contributed by atoms with Crippen molar-refractivity contribution in [1.82, 2.24) is 9.97 Å². The summed E-state index contributed by atoms with van der Waals surface area (Å²) in [6, 6.07) is 4.64. The van der Waals surface area contributed by atoms with Gasteiger partial charge in [-0.05, 0) is 12.1 Å². The van der Waals surface area contributed by atoms with Crippen LogP contribution in [0.2, 0.25) is 5.02 Å². The summed E-state index contributed by atoms with van der Waals surface area (Å²) in [5.41, 5.74) is -0.0644. The van der Waals surface area contributed by atoms with Crippen LogP contribution in [0.3, 0.4) is 0 Å². The number of benzene rings is 1. The van der Waals surface area contributed by atoms with E-state index in [4.69, 9.17) is 21.4 Å². The number of aromatic carboxylic acids is 1. The molecule has 0 unspecified atom stereocenters. The third kappa shape index (κ3) is 2.72. The molecule has 0 fully saturated rings. The van der Waals surface area contributed by atoms with Crippen LogP contribution in [0.15, 0.2) is 24.5 Å². The molecular formula is C12H10ClN3O4. The number of rotatable bonds is 4. The molecule has 3 N–H and O–H groups in total. The minimum Gasteiger partial charge on any atom is -0.495 e. The Balaban J connectivity index is 2.23. The number of hydrogen-bond donors (Lipinski definition) is 3. The summed E-state index contributed by atoms with van der Waals surface area (Å²) < 4.78 is 5.02. The van der Waals surface area contributed by atoms with Gasteiger partial charge in [0.1, 0.15) is 5.75 Å². The first-order valence-electron chi connectivity index (χ1n) is 5.44. The van der Waals surface area contributed by atoms with E-state index in [2.05, 4.69) is 15.3 Å². The predicted molar refractivity (Wildman–Crippen MR) is 71.5 cm³/mol. The van der Waals surface area contributed by atoms with Gasteiger partial charge in [0.15, 0.2) is 11.4 Å². The number of carboxylic acids is 1. The molecule has 1 heterocycles. The van der Waals surface area contributed by atoms with Gasteiger partial charge in [-0.1, -0.05) is 11.6 Å². The molecule has 0 saturated heterocycles. The molecule has 0 spiro atoms. The van der Waals surface area contributed by atoms with Crippen LogP contribution in [0.1, 0.15) is 21.0 Å². The number of nitrogens with one attached hydrogen (secondary N) is 2. The fraction of sp³-hybridized carbons (Fsp3) is 0.0833. The van der Waals surface area contributed by atoms with Crippen molar-refractivity contribution in [3.8, 4) is 5.75 Å². The molecule has 0 aliphatic rings. The minimum absolute atomic E-state index is 0.202. The summed E-state index contributed by atoms with van der Waals surface area (Å²) in [7, 11) is 1.45. The highest BCUT2D eigenvalue weighted by atomic mass is 35.5. The second-order valence-corrected chi connectivity index (χ2v) is 4.14. The number of amides is 1. The second kappa shape index (κ2) is 5.62. The Kier molecular flexibility index (Phi) is 3.90. The summed E-state index contributed by atoms with van der Waals surface area (Å²) in [6.07, 6.45) is 1.14. The Morgan fingerprint density at radius 3 is 2.85 bits per heavy atom. The van der Waals surface area contributed by atoms with Gasteiger partial charge in [-0.15, -0.1) is 0 Å². The van der Waals surface area contributed by atoms with Gasteiger partial charge in [-0.25, -0.2) is 9.78 Å². The van der Waals surface area contributed by atoms with Crippen LogP contribution in [0.4, 0.5) is 5.69 Å². The third-order valence-electron chi connectivity index (χ3n) is 2.48. The number of imidazole rings is 1. The first kappa shape index (κ1) is 13.9. The predicted octanol–water partition coefficient (Wildman–Crippen LogP) is 2.02. The van der Waals surface area contributed by atoms with Gasteiger partial charge in [0.05, 0.1) is 18.5 Å². The molecule has 20 heavy (non-hydrogen) atoms. The van der Waals surface area contributed by atoms with E-state index in [1.54, 1.807) is 12.1 Å². The van der Waals surface area contributed by atoms with Crippen LogP contribution in [0.5, 0.6) is 5.75 Å². The largest absolute Gasteiger partial charge is 0.495 e. The molecule has 2 rings (SSSR count). The quantitative estimate of drug-likeness (QED) is 0.800. The molecule has 0 aliphatic carbocycles. The van der Waals surface area contributed by atoms with E-state index in [-0.39, 0.29) is 11.4 Å². The van der Waals surface area contributed by atoms with Gasteiger partial charge in [-0.3, -0.25) is 4.79 Å². The number of anilines is 1. The SMILES string of the molecule is COc1cc(NC(=O)c2nc[nH]c2C(=O)O)ccc1Cl. The monoisotopic (exact) mass is 295 g/mol. The van der Waals surface area contributed by atoms with Crippen molar-refractivity contribution in [2.75, 3.05) is 12.4 Å². The molecule has 0 atom stereocenters. The number of methoxy groups -OCH3 is 1. The maximum Gasteiger partial charge on any atom is 0.354 e. The molecule has 2 aromatic rings. The van der Waals surface area contributed by atoms with E-state index in [1.165, 1.54) is 13.2 Å². The zero-order valence-corrected chi connectivity index (χ0v) is 11.1. The molecule has 8 heteroatoms. The topological polar surface area (TPSA) is 104 Å². The molecule has 1 aromatic carbocycles. The molecule has 7 nitrogen and oxygen atoms in total. The fourth-order valence-electron chi connectivity index (χ4n) is 1.56. The normalized spacial score (nSPS) is 10.1. The zero-order valence-electron chi connectivity index (χ0n) is 10.3. The van der Waals surface area contributed by atoms with Crippen molar-refractivity contribution < 1.29 is 19.4 Å². The molecule has 0 radical (unpaired) electrons. The maximum absolute atomic E-state index is 12.0. The van der Waals surface area contributed by atoms with Gasteiger partial charge in [-0.2, -0.15) is 0 Å². The van der Waals surface area contributed by atoms with E-state index in [0.29, 0.717) is 16.5 Å². The van der Waals surface area contributed by atoms with Gasteiger partial charge in [0.25, 0.3) is 5.91 Å². The Labute approximate surface area is 118 Å². The van der Waals surface area contributed by atoms with Crippen LogP contribution >= 0.6 is 11.6 Å². The van der Waals surface area contributed by atoms with Crippen molar-refractivity contribution in [2.24, 2.45) is 0 Å². The number of H-pyrrole nitrogens is 1. The fourth-order valence-corrected chi connectivity index (χ4v) is 1.75. The van der Waals surface area contributed by atoms with Crippen LogP contribution in [-0.2, 0) is 0 Å². The number of aromatic nitrogens is 2. The number of carbonyl (C=O) groups excluding carboxylic acids is 1. The highest BCUT2D eigenvalue weighted by molar-refractivity contribution is 6.32. The van der Waals surface area contributed by atoms with Gasteiger partial charge in [0.2, 0.25) is 0 Å². The molecule has 1 amide bonds. The molecule has 0 aliphatic heterocycles. The van der Waals surface area contributed by atoms with Crippen molar-refractivity contribution in [1.29, 1.82) is 0 Å². The van der Waals surface area contributed by atoms with Gasteiger partial charge < -0.3 is 20.1 Å². The lowest BCUT2D eigenvalue weighted by molar-refractivity contribution is 0.0686.